The van der Waals surface area contributed by atoms with Crippen LogP contribution in [0.15, 0.2) is 133 Å². The van der Waals surface area contributed by atoms with E-state index in [1.807, 2.05) is 22.7 Å². The summed E-state index contributed by atoms with van der Waals surface area (Å²) in [6.07, 6.45) is 0. The predicted octanol–water partition coefficient (Wildman–Crippen LogP) is 12.2. The summed E-state index contributed by atoms with van der Waals surface area (Å²) in [7, 11) is 0. The van der Waals surface area contributed by atoms with Crippen LogP contribution in [-0.4, -0.2) is 4.98 Å². The highest BCUT2D eigenvalue weighted by Crippen LogP contribution is 2.49. The second-order valence-corrected chi connectivity index (χ2v) is 13.5. The van der Waals surface area contributed by atoms with Crippen molar-refractivity contribution in [3.05, 3.63) is 133 Å². The van der Waals surface area contributed by atoms with Gasteiger partial charge in [0, 0.05) is 46.9 Å². The number of thiophene rings is 2. The lowest BCUT2D eigenvalue weighted by Crippen LogP contribution is -2.10. The van der Waals surface area contributed by atoms with E-state index in [4.69, 9.17) is 4.98 Å². The normalized spacial score (nSPS) is 11.8. The molecule has 0 fully saturated rings. The maximum absolute atomic E-state index is 4.92. The van der Waals surface area contributed by atoms with E-state index in [0.717, 1.165) is 21.8 Å². The topological polar surface area (TPSA) is 16.1 Å². The van der Waals surface area contributed by atoms with Gasteiger partial charge in [-0.15, -0.1) is 34.0 Å². The Kier molecular flexibility index (Phi) is 5.45. The summed E-state index contributed by atoms with van der Waals surface area (Å²) in [5.74, 6) is 0. The van der Waals surface area contributed by atoms with E-state index in [1.165, 1.54) is 56.4 Å². The molecule has 9 aromatic rings. The van der Waals surface area contributed by atoms with Crippen molar-refractivity contribution in [3.8, 4) is 10.6 Å². The van der Waals surface area contributed by atoms with Crippen LogP contribution in [0.25, 0.3) is 61.1 Å². The van der Waals surface area contributed by atoms with Gasteiger partial charge >= 0.3 is 0 Å². The summed E-state index contributed by atoms with van der Waals surface area (Å²) < 4.78 is 6.43. The second kappa shape index (κ2) is 9.50. The molecule has 0 N–H and O–H groups in total. The summed E-state index contributed by atoms with van der Waals surface area (Å²) in [6, 6.07) is 48.2. The van der Waals surface area contributed by atoms with Crippen LogP contribution in [0.2, 0.25) is 0 Å². The minimum absolute atomic E-state index is 1.05. The third kappa shape index (κ3) is 3.71. The third-order valence-corrected chi connectivity index (χ3v) is 11.3. The van der Waals surface area contributed by atoms with Crippen LogP contribution in [0.5, 0.6) is 0 Å². The van der Waals surface area contributed by atoms with Crippen LogP contribution in [-0.2, 0) is 0 Å². The molecular formula is C37H22N2S3. The highest BCUT2D eigenvalue weighted by molar-refractivity contribution is 7.26. The van der Waals surface area contributed by atoms with Crippen LogP contribution in [0.3, 0.4) is 0 Å². The van der Waals surface area contributed by atoms with Crippen molar-refractivity contribution in [3.63, 3.8) is 0 Å². The molecule has 0 atom stereocenters. The van der Waals surface area contributed by atoms with Gasteiger partial charge in [0.2, 0.25) is 0 Å². The van der Waals surface area contributed by atoms with E-state index in [1.54, 1.807) is 11.3 Å². The number of aromatic nitrogens is 1. The number of fused-ring (bicyclic) bond motifs is 7. The summed E-state index contributed by atoms with van der Waals surface area (Å²) in [4.78, 5) is 7.37. The van der Waals surface area contributed by atoms with E-state index >= 15 is 0 Å². The molecule has 0 saturated heterocycles. The first-order valence-corrected chi connectivity index (χ1v) is 16.3. The molecule has 3 heterocycles. The molecule has 3 aromatic heterocycles. The van der Waals surface area contributed by atoms with Crippen LogP contribution in [0.4, 0.5) is 17.1 Å². The highest BCUT2D eigenvalue weighted by Gasteiger charge is 2.21. The minimum atomic E-state index is 1.05. The quantitative estimate of drug-likeness (QED) is 0.203. The number of thiazole rings is 1. The van der Waals surface area contributed by atoms with Gasteiger partial charge in [0.15, 0.2) is 0 Å². The smallest absolute Gasteiger partial charge is 0.124 e. The highest BCUT2D eigenvalue weighted by atomic mass is 32.1. The number of anilines is 3. The zero-order valence-corrected chi connectivity index (χ0v) is 24.8. The molecule has 0 aliphatic rings. The van der Waals surface area contributed by atoms with Gasteiger partial charge in [0.05, 0.1) is 26.3 Å². The standard InChI is InChI=1S/C37H22N2S3/c1-4-15-31-25(9-1)26-11-7-14-30(36(26)41-31)39(29-13-8-18-34-35(29)27-10-2-5-16-32(27)40-34)24-21-19-23(20-22-24)37-38-28-12-3-6-17-33(28)42-37/h1-22H. The van der Waals surface area contributed by atoms with Crippen LogP contribution >= 0.6 is 34.0 Å². The summed E-state index contributed by atoms with van der Waals surface area (Å²) in [5.41, 5.74) is 5.72. The summed E-state index contributed by atoms with van der Waals surface area (Å²) >= 11 is 5.48. The van der Waals surface area contributed by atoms with Crippen LogP contribution in [0, 0.1) is 0 Å². The first kappa shape index (κ1) is 24.1. The van der Waals surface area contributed by atoms with E-state index in [9.17, 15) is 0 Å². The number of para-hydroxylation sites is 1. The number of benzene rings is 6. The molecule has 2 nitrogen and oxygen atoms in total. The third-order valence-electron chi connectivity index (χ3n) is 7.91. The molecule has 198 valence electrons. The molecule has 0 spiro atoms. The van der Waals surface area contributed by atoms with Gasteiger partial charge in [0.1, 0.15) is 5.01 Å². The predicted molar refractivity (Wildman–Crippen MR) is 186 cm³/mol. The average molecular weight is 591 g/mol. The Balaban J connectivity index is 1.29. The van der Waals surface area contributed by atoms with E-state index in [0.29, 0.717) is 0 Å². The molecule has 0 unspecified atom stereocenters. The number of hydrogen-bond donors (Lipinski definition) is 0. The minimum Gasteiger partial charge on any atom is -0.308 e. The van der Waals surface area contributed by atoms with Gasteiger partial charge in [-0.1, -0.05) is 66.7 Å². The van der Waals surface area contributed by atoms with Crippen LogP contribution < -0.4 is 4.90 Å². The van der Waals surface area contributed by atoms with Gasteiger partial charge < -0.3 is 4.90 Å². The van der Waals surface area contributed by atoms with Gasteiger partial charge in [-0.25, -0.2) is 4.98 Å². The summed E-state index contributed by atoms with van der Waals surface area (Å²) in [5, 5.41) is 6.25. The van der Waals surface area contributed by atoms with Crippen molar-refractivity contribution >= 4 is 102 Å². The number of hydrogen-bond acceptors (Lipinski definition) is 5. The first-order chi connectivity index (χ1) is 20.8. The van der Waals surface area contributed by atoms with Gasteiger partial charge in [-0.05, 0) is 66.7 Å². The van der Waals surface area contributed by atoms with Gasteiger partial charge in [-0.2, -0.15) is 0 Å². The second-order valence-electron chi connectivity index (χ2n) is 10.4. The fraction of sp³-hybridized carbons (Fsp3) is 0. The molecule has 9 rings (SSSR count). The van der Waals surface area contributed by atoms with Crippen LogP contribution in [0.1, 0.15) is 0 Å². The maximum Gasteiger partial charge on any atom is 0.124 e. The fourth-order valence-electron chi connectivity index (χ4n) is 6.01. The van der Waals surface area contributed by atoms with Crippen molar-refractivity contribution in [2.45, 2.75) is 0 Å². The molecule has 5 heteroatoms. The molecule has 0 amide bonds. The van der Waals surface area contributed by atoms with Gasteiger partial charge in [-0.3, -0.25) is 0 Å². The van der Waals surface area contributed by atoms with Crippen molar-refractivity contribution in [1.29, 1.82) is 0 Å². The SMILES string of the molecule is c1ccc2sc(-c3ccc(N(c4cccc5c4sc4ccccc45)c4cccc5sc6ccccc6c45)cc3)nc2c1. The Bertz CT molecular complexity index is 2400. The molecule has 0 radical (unpaired) electrons. The van der Waals surface area contributed by atoms with Crippen molar-refractivity contribution in [1.82, 2.24) is 4.98 Å². The van der Waals surface area contributed by atoms with Crippen molar-refractivity contribution < 1.29 is 0 Å². The molecule has 6 aromatic carbocycles. The number of rotatable bonds is 4. The van der Waals surface area contributed by atoms with E-state index in [2.05, 4.69) is 138 Å². The zero-order valence-electron chi connectivity index (χ0n) is 22.3. The fourth-order valence-corrected chi connectivity index (χ4v) is 9.31. The Morgan fingerprint density at radius 1 is 0.452 bits per heavy atom. The van der Waals surface area contributed by atoms with Gasteiger partial charge in [0.25, 0.3) is 0 Å². The lowest BCUT2D eigenvalue weighted by atomic mass is 10.1. The van der Waals surface area contributed by atoms with E-state index in [-0.39, 0.29) is 0 Å². The zero-order chi connectivity index (χ0) is 27.6. The molecular weight excluding hydrogens is 569 g/mol. The number of nitrogens with zero attached hydrogens (tertiary/aromatic N) is 2. The Labute approximate surface area is 254 Å². The molecule has 0 aliphatic heterocycles. The summed E-state index contributed by atoms with van der Waals surface area (Å²) in [6.45, 7) is 0. The van der Waals surface area contributed by atoms with Crippen molar-refractivity contribution in [2.24, 2.45) is 0 Å². The Morgan fingerprint density at radius 3 is 1.93 bits per heavy atom. The molecule has 42 heavy (non-hydrogen) atoms. The Morgan fingerprint density at radius 2 is 1.10 bits per heavy atom. The average Bonchev–Trinajstić information content (AvgIpc) is 3.75. The molecule has 0 saturated carbocycles. The first-order valence-electron chi connectivity index (χ1n) is 13.9. The lowest BCUT2D eigenvalue weighted by molar-refractivity contribution is 1.32. The monoisotopic (exact) mass is 590 g/mol. The van der Waals surface area contributed by atoms with E-state index < -0.39 is 0 Å². The largest absolute Gasteiger partial charge is 0.308 e. The lowest BCUT2D eigenvalue weighted by Gasteiger charge is -2.27. The molecule has 0 aliphatic carbocycles. The molecule has 0 bridgehead atoms. The Hall–Kier alpha value is -4.55. The maximum atomic E-state index is 4.92. The van der Waals surface area contributed by atoms with Crippen molar-refractivity contribution in [2.75, 3.05) is 4.90 Å².